The van der Waals surface area contributed by atoms with Gasteiger partial charge in [0.2, 0.25) is 5.95 Å². The first-order valence-electron chi connectivity index (χ1n) is 33.1. The maximum absolute atomic E-state index is 15.0. The molecule has 0 aromatic carbocycles. The Bertz CT molecular complexity index is 4490. The van der Waals surface area contributed by atoms with E-state index in [1.54, 1.807) is 52.6 Å². The quantitative estimate of drug-likeness (QED) is 0.0186. The van der Waals surface area contributed by atoms with E-state index in [4.69, 9.17) is 39.7 Å². The number of ether oxygens (including phenoxy) is 4. The Morgan fingerprint density at radius 1 is 0.718 bits per heavy atom. The number of hydrogen-bond acceptors (Lipinski definition) is 22. The number of aromatic amines is 2. The zero-order chi connectivity index (χ0) is 73.1. The fraction of sp³-hybridized carbons (Fsp3) is 0.431. The van der Waals surface area contributed by atoms with E-state index >= 15 is 4.39 Å². The summed E-state index contributed by atoms with van der Waals surface area (Å²) in [6.07, 6.45) is 18.1. The molecule has 3 fully saturated rings. The van der Waals surface area contributed by atoms with Gasteiger partial charge in [0.05, 0.1) is 95.2 Å². The number of nitrogens with zero attached hydrogens (tertiary/aromatic N) is 15. The van der Waals surface area contributed by atoms with E-state index in [1.165, 1.54) is 44.9 Å². The second-order valence-corrected chi connectivity index (χ2v) is 33.6. The molecule has 0 unspecified atom stereocenters. The van der Waals surface area contributed by atoms with Gasteiger partial charge in [-0.2, -0.15) is 48.2 Å². The number of thiazole rings is 3. The van der Waals surface area contributed by atoms with Crippen LogP contribution in [0.3, 0.4) is 0 Å². The van der Waals surface area contributed by atoms with Crippen LogP contribution in [-0.4, -0.2) is 180 Å². The van der Waals surface area contributed by atoms with Gasteiger partial charge in [-0.1, -0.05) is 25.7 Å². The molecule has 103 heavy (non-hydrogen) atoms. The summed E-state index contributed by atoms with van der Waals surface area (Å²) in [5.74, 6) is -4.91. The number of halogens is 4. The Kier molecular flexibility index (Phi) is 24.1. The lowest BCUT2D eigenvalue weighted by molar-refractivity contribution is -0.192. The molecule has 3 aliphatic carbocycles. The minimum atomic E-state index is -5.08. The number of amides is 4. The molecule has 7 N–H and O–H groups in total. The van der Waals surface area contributed by atoms with Crippen LogP contribution in [0.1, 0.15) is 131 Å². The number of pyridine rings is 1. The number of rotatable bonds is 24. The highest BCUT2D eigenvalue weighted by atomic mass is 32.1. The van der Waals surface area contributed by atoms with E-state index in [0.717, 1.165) is 91.5 Å². The molecule has 0 atom stereocenters. The van der Waals surface area contributed by atoms with E-state index in [1.807, 2.05) is 66.3 Å². The van der Waals surface area contributed by atoms with E-state index < -0.39 is 43.9 Å². The van der Waals surface area contributed by atoms with Gasteiger partial charge in [0.25, 0.3) is 23.6 Å². The molecular formula is C65H76F4N20O10S3Si. The van der Waals surface area contributed by atoms with E-state index in [0.29, 0.717) is 71.3 Å². The molecule has 1 aliphatic heterocycles. The van der Waals surface area contributed by atoms with Crippen LogP contribution in [0.15, 0.2) is 90.1 Å². The van der Waals surface area contributed by atoms with Gasteiger partial charge in [-0.25, -0.2) is 24.4 Å². The van der Waals surface area contributed by atoms with Gasteiger partial charge in [0.15, 0.2) is 5.69 Å². The van der Waals surface area contributed by atoms with E-state index in [9.17, 15) is 32.3 Å². The molecule has 0 spiro atoms. The van der Waals surface area contributed by atoms with Crippen molar-refractivity contribution in [3.8, 4) is 43.1 Å². The van der Waals surface area contributed by atoms with Crippen molar-refractivity contribution in [1.82, 2.24) is 79.5 Å². The Labute approximate surface area is 599 Å². The van der Waals surface area contributed by atoms with Crippen molar-refractivity contribution in [2.24, 2.45) is 5.73 Å². The topological polar surface area (TPSA) is 376 Å². The van der Waals surface area contributed by atoms with E-state index in [2.05, 4.69) is 90.6 Å². The van der Waals surface area contributed by atoms with Crippen molar-refractivity contribution in [1.29, 1.82) is 0 Å². The third kappa shape index (κ3) is 18.4. The summed E-state index contributed by atoms with van der Waals surface area (Å²) in [4.78, 5) is 79.1. The summed E-state index contributed by atoms with van der Waals surface area (Å²) in [7, 11) is -1.23. The highest BCUT2D eigenvalue weighted by molar-refractivity contribution is 7.14. The van der Waals surface area contributed by atoms with Gasteiger partial charge in [0, 0.05) is 99.3 Å². The number of carboxylic acids is 1. The Hall–Kier alpha value is -9.57. The number of nitrogens with one attached hydrogen (secondary N) is 4. The van der Waals surface area contributed by atoms with Gasteiger partial charge in [-0.3, -0.25) is 48.4 Å². The summed E-state index contributed by atoms with van der Waals surface area (Å²) in [6, 6.07) is 7.23. The summed E-state index contributed by atoms with van der Waals surface area (Å²) in [5.41, 5.74) is 12.4. The fourth-order valence-corrected chi connectivity index (χ4v) is 14.5. The van der Waals surface area contributed by atoms with Crippen molar-refractivity contribution in [3.05, 3.63) is 125 Å². The standard InChI is InChI=1S/C27H34FN7O3SSi.C19H22N6O2S.C17H19N7O3S.C2HF3O2/c1-5-38-19-12-18(13-19)34-15-22(24(33-34)21-8-6-7-9-29-21)31-26(36)23-16-39-27(32-23)20-14-30-35(25(20)28)17-37-10-11-40(2,3)4;1-2-27-14-6-13(7-14)25-16-4-3-5-24(17(16)10-22-25)19(26)15-11-28-18(23-15)12-8-20-21-9-12;1-2-27-11-3-10(4-11)24-7-12(14(23-24)15(18)25)21-16(26)13-8-28-17(22-13)9-5-19-20-6-9;3-2(4,5)1(6)7/h6-9,14-16,18-19H,5,10-13,17H2,1-4H3,(H,31,36);8-11,13-14H,2-7H2,1H3,(H,20,21);5-8,10-11H,2-4H2,1H3,(H2,18,25)(H,19,20)(H,21,26);(H,6,7). The van der Waals surface area contributed by atoms with Gasteiger partial charge >= 0.3 is 12.1 Å². The summed E-state index contributed by atoms with van der Waals surface area (Å²) in [6.45, 7) is 16.2. The number of carbonyl (C=O) groups is 5. The minimum Gasteiger partial charge on any atom is -0.475 e. The number of alkyl halides is 3. The molecule has 30 nitrogen and oxygen atoms in total. The highest BCUT2D eigenvalue weighted by Crippen LogP contribution is 2.41. The second-order valence-electron chi connectivity index (χ2n) is 25.4. The smallest absolute Gasteiger partial charge is 0.475 e. The summed E-state index contributed by atoms with van der Waals surface area (Å²) >= 11 is 3.96. The fourth-order valence-electron chi connectivity index (χ4n) is 11.4. The lowest BCUT2D eigenvalue weighted by atomic mass is 9.89. The number of nitrogens with two attached hydrogens (primary N) is 1. The van der Waals surface area contributed by atoms with Crippen molar-refractivity contribution >= 4 is 88.7 Å². The number of hydrogen-bond donors (Lipinski definition) is 6. The zero-order valence-electron chi connectivity index (χ0n) is 56.9. The number of carboxylic acid groups (broad SMARTS) is 1. The number of anilines is 3. The zero-order valence-corrected chi connectivity index (χ0v) is 60.3. The molecule has 10 aromatic heterocycles. The highest BCUT2D eigenvalue weighted by Gasteiger charge is 2.40. The van der Waals surface area contributed by atoms with Crippen LogP contribution in [0.4, 0.5) is 34.6 Å². The third-order valence-corrected chi connectivity index (χ3v) is 21.3. The van der Waals surface area contributed by atoms with Gasteiger partial charge < -0.3 is 45.3 Å². The van der Waals surface area contributed by atoms with Crippen molar-refractivity contribution in [3.63, 3.8) is 0 Å². The largest absolute Gasteiger partial charge is 0.490 e. The number of aliphatic carboxylic acids is 1. The first kappa shape index (κ1) is 74.6. The number of primary amides is 1. The van der Waals surface area contributed by atoms with Crippen molar-refractivity contribution < 1.29 is 65.6 Å². The van der Waals surface area contributed by atoms with Crippen molar-refractivity contribution in [2.75, 3.05) is 48.5 Å². The normalized spacial score (nSPS) is 18.3. The summed E-state index contributed by atoms with van der Waals surface area (Å²) < 4.78 is 76.2. The molecular weight excluding hydrogens is 1420 g/mol. The van der Waals surface area contributed by atoms with Crippen LogP contribution in [0, 0.1) is 5.95 Å². The molecule has 14 rings (SSSR count). The first-order valence-corrected chi connectivity index (χ1v) is 39.5. The molecule has 4 amide bonds. The average molecular weight is 1500 g/mol. The Balaban J connectivity index is 0.000000151. The van der Waals surface area contributed by atoms with Crippen LogP contribution >= 0.6 is 34.0 Å². The van der Waals surface area contributed by atoms with Crippen LogP contribution < -0.4 is 21.3 Å². The summed E-state index contributed by atoms with van der Waals surface area (Å²) in [5, 5.41) is 50.7. The molecule has 38 heteroatoms. The molecule has 3 saturated carbocycles. The molecule has 4 aliphatic rings. The van der Waals surface area contributed by atoms with Gasteiger partial charge in [-0.15, -0.1) is 34.0 Å². The predicted octanol–water partition coefficient (Wildman–Crippen LogP) is 11.2. The Morgan fingerprint density at radius 3 is 1.81 bits per heavy atom. The maximum atomic E-state index is 15.0. The SMILES string of the molecule is CCOC1CC(n2cc(NC(=O)c3csc(-c4cn[nH]c4)n3)c(C(N)=O)n2)C1.CCOC1CC(n2cc(NC(=O)c3csc(-c4cnn(COCC[Si](C)(C)C)c4F)n3)c(-c3ccccn3)n2)C1.CCOC1CC(n2ncc3c2CCCN3C(=O)c2csc(-c3cn[nH]c3)n2)C1.O=C(O)C(F)(F)F. The molecule has 11 heterocycles. The van der Waals surface area contributed by atoms with Crippen LogP contribution in [-0.2, 0) is 36.9 Å². The number of fused-ring (bicyclic) bond motifs is 1. The average Bonchev–Trinajstić information content (AvgIpc) is 1.65. The molecule has 10 aromatic rings. The van der Waals surface area contributed by atoms with Crippen LogP contribution in [0.2, 0.25) is 25.7 Å². The monoisotopic (exact) mass is 1500 g/mol. The lowest BCUT2D eigenvalue weighted by Gasteiger charge is -2.37. The van der Waals surface area contributed by atoms with Crippen LogP contribution in [0.5, 0.6) is 0 Å². The maximum Gasteiger partial charge on any atom is 0.490 e. The number of H-pyrrole nitrogens is 2. The van der Waals surface area contributed by atoms with Gasteiger partial charge in [0.1, 0.15) is 44.5 Å². The number of carbonyl (C=O) groups excluding carboxylic acids is 4. The Morgan fingerprint density at radius 2 is 1.26 bits per heavy atom. The first-order chi connectivity index (χ1) is 49.4. The second kappa shape index (κ2) is 33.3. The van der Waals surface area contributed by atoms with Crippen LogP contribution in [0.25, 0.3) is 43.1 Å². The minimum absolute atomic E-state index is 0.0264. The third-order valence-electron chi connectivity index (χ3n) is 17.0. The number of aromatic nitrogens is 16. The lowest BCUT2D eigenvalue weighted by Crippen LogP contribution is -2.38. The van der Waals surface area contributed by atoms with Crippen molar-refractivity contribution in [2.45, 2.75) is 147 Å². The molecule has 546 valence electrons. The predicted molar refractivity (Wildman–Crippen MR) is 376 cm³/mol. The molecule has 0 radical (unpaired) electrons. The van der Waals surface area contributed by atoms with E-state index in [-0.39, 0.29) is 65.3 Å². The molecule has 0 bridgehead atoms. The van der Waals surface area contributed by atoms with Gasteiger partial charge in [-0.05, 0) is 90.3 Å². The molecule has 0 saturated heterocycles.